The minimum Gasteiger partial charge on any atom is -0.496 e. The molecule has 0 aliphatic carbocycles. The average molecular weight is 474 g/mol. The van der Waals surface area contributed by atoms with Crippen molar-refractivity contribution in [2.45, 2.75) is 52.1 Å². The first kappa shape index (κ1) is 25.0. The summed E-state index contributed by atoms with van der Waals surface area (Å²) in [4.78, 5) is 10.7. The highest BCUT2D eigenvalue weighted by molar-refractivity contribution is 6.74. The summed E-state index contributed by atoms with van der Waals surface area (Å²) < 4.78 is 44.9. The lowest BCUT2D eigenvalue weighted by Crippen LogP contribution is -2.40. The van der Waals surface area contributed by atoms with Gasteiger partial charge in [0.15, 0.2) is 20.0 Å². The van der Waals surface area contributed by atoms with Crippen LogP contribution >= 0.6 is 11.6 Å². The van der Waals surface area contributed by atoms with Crippen molar-refractivity contribution in [2.75, 3.05) is 7.11 Å². The van der Waals surface area contributed by atoms with Gasteiger partial charge < -0.3 is 13.9 Å². The summed E-state index contributed by atoms with van der Waals surface area (Å²) in [5.74, 6) is -1.97. The molecule has 6 nitrogen and oxygen atoms in total. The quantitative estimate of drug-likeness (QED) is 0.244. The van der Waals surface area contributed by atoms with Crippen molar-refractivity contribution < 1.29 is 27.6 Å². The van der Waals surface area contributed by atoms with Crippen LogP contribution in [0.4, 0.5) is 14.5 Å². The van der Waals surface area contributed by atoms with E-state index in [1.54, 1.807) is 0 Å². The fourth-order valence-corrected chi connectivity index (χ4v) is 3.70. The third-order valence-electron chi connectivity index (χ3n) is 5.47. The van der Waals surface area contributed by atoms with Gasteiger partial charge in [-0.3, -0.25) is 10.1 Å². The van der Waals surface area contributed by atoms with E-state index in [-0.39, 0.29) is 39.4 Å². The van der Waals surface area contributed by atoms with Crippen LogP contribution in [0, 0.1) is 21.7 Å². The summed E-state index contributed by atoms with van der Waals surface area (Å²) in [6.07, 6.45) is 0. The Kier molecular flexibility index (Phi) is 7.67. The summed E-state index contributed by atoms with van der Waals surface area (Å²) >= 11 is 6.08. The monoisotopic (exact) mass is 473 g/mol. The summed E-state index contributed by atoms with van der Waals surface area (Å²) in [6, 6.07) is 4.80. The second-order valence-corrected chi connectivity index (χ2v) is 13.8. The largest absolute Gasteiger partial charge is 0.496 e. The van der Waals surface area contributed by atoms with Gasteiger partial charge in [-0.1, -0.05) is 32.4 Å². The van der Waals surface area contributed by atoms with Crippen LogP contribution in [0.25, 0.3) is 0 Å². The molecule has 0 radical (unpaired) electrons. The standard InChI is InChI=1S/C21H26ClF2NO5Si/c1-21(2,3)31(5,6)30-11-13-9-15(22)17(25(26)27)10-19(13)29-12-14-18(28-4)8-7-16(23)20(14)24/h7-10H,11-12H2,1-6H3. The van der Waals surface area contributed by atoms with Gasteiger partial charge in [0.1, 0.15) is 23.1 Å². The smallest absolute Gasteiger partial charge is 0.291 e. The second-order valence-electron chi connectivity index (χ2n) is 8.55. The van der Waals surface area contributed by atoms with Crippen LogP contribution in [0.2, 0.25) is 23.2 Å². The zero-order valence-corrected chi connectivity index (χ0v) is 20.1. The molecule has 0 unspecified atom stereocenters. The summed E-state index contributed by atoms with van der Waals surface area (Å²) in [5.41, 5.74) is -0.0352. The molecule has 0 aliphatic heterocycles. The maximum atomic E-state index is 14.3. The zero-order valence-electron chi connectivity index (χ0n) is 18.3. The molecule has 0 atom stereocenters. The predicted molar refractivity (Wildman–Crippen MR) is 117 cm³/mol. The summed E-state index contributed by atoms with van der Waals surface area (Å²) in [6.45, 7) is 10.1. The number of hydrogen-bond acceptors (Lipinski definition) is 5. The van der Waals surface area contributed by atoms with E-state index in [0.717, 1.165) is 12.1 Å². The van der Waals surface area contributed by atoms with Gasteiger partial charge >= 0.3 is 0 Å². The lowest BCUT2D eigenvalue weighted by molar-refractivity contribution is -0.384. The van der Waals surface area contributed by atoms with Gasteiger partial charge in [0.05, 0.1) is 30.3 Å². The lowest BCUT2D eigenvalue weighted by atomic mass is 10.1. The predicted octanol–water partition coefficient (Wildman–Crippen LogP) is 6.64. The molecule has 0 spiro atoms. The number of nitro benzene ring substituents is 1. The highest BCUT2D eigenvalue weighted by Crippen LogP contribution is 2.39. The van der Waals surface area contributed by atoms with Crippen molar-refractivity contribution in [1.82, 2.24) is 0 Å². The molecule has 0 saturated carbocycles. The van der Waals surface area contributed by atoms with Crippen molar-refractivity contribution in [1.29, 1.82) is 0 Å². The number of methoxy groups -OCH3 is 1. The van der Waals surface area contributed by atoms with Crippen LogP contribution in [-0.2, 0) is 17.6 Å². The van der Waals surface area contributed by atoms with Gasteiger partial charge in [0.25, 0.3) is 5.69 Å². The third kappa shape index (κ3) is 5.72. The first-order valence-corrected chi connectivity index (χ1v) is 12.8. The molecule has 0 aromatic heterocycles. The van der Waals surface area contributed by atoms with Gasteiger partial charge in [-0.15, -0.1) is 0 Å². The molecule has 0 saturated heterocycles. The molecule has 31 heavy (non-hydrogen) atoms. The molecule has 0 aliphatic rings. The Hall–Kier alpha value is -2.23. The molecule has 2 aromatic rings. The Morgan fingerprint density at radius 3 is 2.32 bits per heavy atom. The van der Waals surface area contributed by atoms with Gasteiger partial charge in [-0.25, -0.2) is 8.78 Å². The molecule has 0 amide bonds. The Balaban J connectivity index is 2.40. The molecule has 0 heterocycles. The van der Waals surface area contributed by atoms with Crippen LogP contribution in [0.5, 0.6) is 11.5 Å². The first-order valence-electron chi connectivity index (χ1n) is 9.53. The van der Waals surface area contributed by atoms with E-state index in [4.69, 9.17) is 25.5 Å². The average Bonchev–Trinajstić information content (AvgIpc) is 2.67. The minimum absolute atomic E-state index is 0.0589. The van der Waals surface area contributed by atoms with Gasteiger partial charge in [-0.05, 0) is 36.3 Å². The van der Waals surface area contributed by atoms with Gasteiger partial charge in [0, 0.05) is 5.56 Å². The summed E-state index contributed by atoms with van der Waals surface area (Å²) in [7, 11) is -0.822. The molecule has 0 N–H and O–H groups in total. The fourth-order valence-electron chi connectivity index (χ4n) is 2.50. The molecule has 2 rings (SSSR count). The molecule has 0 fully saturated rings. The van der Waals surface area contributed by atoms with E-state index in [9.17, 15) is 18.9 Å². The number of nitro groups is 1. The molecule has 10 heteroatoms. The van der Waals surface area contributed by atoms with Crippen LogP contribution in [-0.4, -0.2) is 20.4 Å². The Bertz CT molecular complexity index is 979. The molecule has 2 aromatic carbocycles. The number of benzene rings is 2. The number of halogens is 3. The maximum absolute atomic E-state index is 14.3. The van der Waals surface area contributed by atoms with Crippen LogP contribution in [0.1, 0.15) is 31.9 Å². The van der Waals surface area contributed by atoms with E-state index in [2.05, 4.69) is 33.9 Å². The van der Waals surface area contributed by atoms with Gasteiger partial charge in [-0.2, -0.15) is 0 Å². The molecular weight excluding hydrogens is 448 g/mol. The molecular formula is C21H26ClF2NO5Si. The van der Waals surface area contributed by atoms with Crippen LogP contribution < -0.4 is 9.47 Å². The molecule has 170 valence electrons. The van der Waals surface area contributed by atoms with Crippen molar-refractivity contribution in [2.24, 2.45) is 0 Å². The first-order chi connectivity index (χ1) is 14.3. The minimum atomic E-state index is -2.14. The van der Waals surface area contributed by atoms with Crippen molar-refractivity contribution >= 4 is 25.6 Å². The normalized spacial score (nSPS) is 12.0. The number of hydrogen-bond donors (Lipinski definition) is 0. The number of ether oxygens (including phenoxy) is 2. The van der Waals surface area contributed by atoms with E-state index in [1.165, 1.54) is 19.2 Å². The fraction of sp³-hybridized carbons (Fsp3) is 0.429. The number of rotatable bonds is 8. The Labute approximate surface area is 186 Å². The number of nitrogens with zero attached hydrogens (tertiary/aromatic N) is 1. The second kappa shape index (κ2) is 9.50. The topological polar surface area (TPSA) is 70.8 Å². The van der Waals surface area contributed by atoms with E-state index in [1.807, 2.05) is 0 Å². The van der Waals surface area contributed by atoms with Crippen molar-refractivity contribution in [3.63, 3.8) is 0 Å². The van der Waals surface area contributed by atoms with E-state index in [0.29, 0.717) is 5.56 Å². The Morgan fingerprint density at radius 2 is 1.77 bits per heavy atom. The van der Waals surface area contributed by atoms with Crippen molar-refractivity contribution in [3.8, 4) is 11.5 Å². The van der Waals surface area contributed by atoms with Crippen LogP contribution in [0.15, 0.2) is 24.3 Å². The summed E-state index contributed by atoms with van der Waals surface area (Å²) in [5, 5.41) is 11.2. The van der Waals surface area contributed by atoms with Crippen molar-refractivity contribution in [3.05, 3.63) is 62.2 Å². The van der Waals surface area contributed by atoms with E-state index < -0.39 is 31.5 Å². The SMILES string of the molecule is COc1ccc(F)c(F)c1COc1cc([N+](=O)[O-])c(Cl)cc1CO[Si](C)(C)C(C)(C)C. The highest BCUT2D eigenvalue weighted by Gasteiger charge is 2.37. The highest BCUT2D eigenvalue weighted by atomic mass is 35.5. The molecule has 0 bridgehead atoms. The Morgan fingerprint density at radius 1 is 1.13 bits per heavy atom. The van der Waals surface area contributed by atoms with Gasteiger partial charge in [0.2, 0.25) is 0 Å². The zero-order chi connectivity index (χ0) is 23.6. The third-order valence-corrected chi connectivity index (χ3v) is 10.2. The van der Waals surface area contributed by atoms with E-state index >= 15 is 0 Å². The lowest BCUT2D eigenvalue weighted by Gasteiger charge is -2.36. The van der Waals surface area contributed by atoms with Crippen LogP contribution in [0.3, 0.4) is 0 Å². The maximum Gasteiger partial charge on any atom is 0.291 e.